The smallest absolute Gasteiger partial charge is 0.306 e. The van der Waals surface area contributed by atoms with Crippen molar-refractivity contribution >= 4 is 11.6 Å². The van der Waals surface area contributed by atoms with Crippen molar-refractivity contribution in [1.82, 2.24) is 5.32 Å². The van der Waals surface area contributed by atoms with Crippen LogP contribution in [-0.2, 0) is 6.42 Å². The Balaban J connectivity index is 2.68. The van der Waals surface area contributed by atoms with E-state index in [0.717, 1.165) is 0 Å². The first-order valence-corrected chi connectivity index (χ1v) is 5.86. The van der Waals surface area contributed by atoms with Crippen LogP contribution in [0.1, 0.15) is 18.9 Å². The average molecular weight is 266 g/mol. The summed E-state index contributed by atoms with van der Waals surface area (Å²) in [5.41, 5.74) is 0.625. The Hall–Kier alpha value is -0.740. The molecule has 1 aromatic carbocycles. The highest BCUT2D eigenvalue weighted by atomic mass is 35.5. The fourth-order valence-corrected chi connectivity index (χ4v) is 1.60. The highest BCUT2D eigenvalue weighted by molar-refractivity contribution is 6.30. The zero-order valence-corrected chi connectivity index (χ0v) is 10.3. The van der Waals surface area contributed by atoms with Crippen molar-refractivity contribution in [3.05, 3.63) is 34.9 Å². The number of benzene rings is 1. The maximum Gasteiger partial charge on any atom is 0.404 e. The molecule has 0 radical (unpaired) electrons. The van der Waals surface area contributed by atoms with E-state index in [-0.39, 0.29) is 6.42 Å². The molecule has 1 nitrogen and oxygen atoms in total. The normalized spacial score (nSPS) is 13.7. The van der Waals surface area contributed by atoms with Crippen molar-refractivity contribution in [1.29, 1.82) is 0 Å². The SMILES string of the molecule is CCCNC(Cc1ccc(Cl)cc1)C(F)(F)F. The Kier molecular flexibility index (Phi) is 5.28. The van der Waals surface area contributed by atoms with Gasteiger partial charge < -0.3 is 5.32 Å². The summed E-state index contributed by atoms with van der Waals surface area (Å²) in [5, 5.41) is 3.04. The Morgan fingerprint density at radius 2 is 1.82 bits per heavy atom. The Labute approximate surface area is 104 Å². The van der Waals surface area contributed by atoms with Crippen LogP contribution in [0, 0.1) is 0 Å². The van der Waals surface area contributed by atoms with Gasteiger partial charge in [-0.1, -0.05) is 30.7 Å². The van der Waals surface area contributed by atoms with Gasteiger partial charge in [0.2, 0.25) is 0 Å². The first-order chi connectivity index (χ1) is 7.93. The van der Waals surface area contributed by atoms with E-state index in [4.69, 9.17) is 11.6 Å². The van der Waals surface area contributed by atoms with Gasteiger partial charge in [-0.05, 0) is 37.1 Å². The van der Waals surface area contributed by atoms with E-state index in [9.17, 15) is 13.2 Å². The first kappa shape index (κ1) is 14.3. The van der Waals surface area contributed by atoms with Crippen LogP contribution in [-0.4, -0.2) is 18.8 Å². The van der Waals surface area contributed by atoms with Crippen LogP contribution >= 0.6 is 11.6 Å². The third-order valence-electron chi connectivity index (χ3n) is 2.39. The molecule has 1 rings (SSSR count). The summed E-state index contributed by atoms with van der Waals surface area (Å²) in [4.78, 5) is 0. The number of halogens is 4. The Bertz CT molecular complexity index is 335. The van der Waals surface area contributed by atoms with Crippen molar-refractivity contribution in [2.75, 3.05) is 6.54 Å². The second kappa shape index (κ2) is 6.26. The lowest BCUT2D eigenvalue weighted by Crippen LogP contribution is -2.44. The molecule has 0 amide bonds. The highest BCUT2D eigenvalue weighted by Crippen LogP contribution is 2.23. The van der Waals surface area contributed by atoms with E-state index < -0.39 is 12.2 Å². The van der Waals surface area contributed by atoms with Gasteiger partial charge in [0.25, 0.3) is 0 Å². The Morgan fingerprint density at radius 1 is 1.24 bits per heavy atom. The maximum absolute atomic E-state index is 12.7. The summed E-state index contributed by atoms with van der Waals surface area (Å²) in [6.07, 6.45) is -3.62. The molecule has 0 heterocycles. The molecule has 0 saturated heterocycles. The highest BCUT2D eigenvalue weighted by Gasteiger charge is 2.38. The van der Waals surface area contributed by atoms with Crippen LogP contribution in [0.5, 0.6) is 0 Å². The second-order valence-corrected chi connectivity index (χ2v) is 4.32. The van der Waals surface area contributed by atoms with E-state index in [0.29, 0.717) is 23.6 Å². The van der Waals surface area contributed by atoms with E-state index >= 15 is 0 Å². The molecule has 1 N–H and O–H groups in total. The van der Waals surface area contributed by atoms with Gasteiger partial charge in [0, 0.05) is 5.02 Å². The van der Waals surface area contributed by atoms with Gasteiger partial charge in [0.05, 0.1) is 0 Å². The molecule has 17 heavy (non-hydrogen) atoms. The molecule has 1 atom stereocenters. The monoisotopic (exact) mass is 265 g/mol. The lowest BCUT2D eigenvalue weighted by atomic mass is 10.1. The number of rotatable bonds is 5. The van der Waals surface area contributed by atoms with Crippen molar-refractivity contribution in [2.45, 2.75) is 32.0 Å². The van der Waals surface area contributed by atoms with Crippen LogP contribution in [0.4, 0.5) is 13.2 Å². The third-order valence-corrected chi connectivity index (χ3v) is 2.64. The predicted octanol–water partition coefficient (Wildman–Crippen LogP) is 3.81. The summed E-state index contributed by atoms with van der Waals surface area (Å²) < 4.78 is 38.2. The van der Waals surface area contributed by atoms with Gasteiger partial charge in [-0.15, -0.1) is 0 Å². The van der Waals surface area contributed by atoms with E-state index in [1.165, 1.54) is 0 Å². The van der Waals surface area contributed by atoms with Gasteiger partial charge in [-0.25, -0.2) is 0 Å². The van der Waals surface area contributed by atoms with Crippen LogP contribution in [0.15, 0.2) is 24.3 Å². The Morgan fingerprint density at radius 3 is 2.29 bits per heavy atom. The van der Waals surface area contributed by atoms with Crippen LogP contribution in [0.2, 0.25) is 5.02 Å². The minimum atomic E-state index is -4.23. The molecule has 0 aromatic heterocycles. The summed E-state index contributed by atoms with van der Waals surface area (Å²) in [6.45, 7) is 2.19. The number of hydrogen-bond acceptors (Lipinski definition) is 1. The minimum Gasteiger partial charge on any atom is -0.306 e. The fourth-order valence-electron chi connectivity index (χ4n) is 1.48. The summed E-state index contributed by atoms with van der Waals surface area (Å²) in [7, 11) is 0. The zero-order valence-electron chi connectivity index (χ0n) is 9.52. The lowest BCUT2D eigenvalue weighted by Gasteiger charge is -2.21. The van der Waals surface area contributed by atoms with E-state index in [1.807, 2.05) is 6.92 Å². The van der Waals surface area contributed by atoms with Crippen LogP contribution < -0.4 is 5.32 Å². The van der Waals surface area contributed by atoms with Gasteiger partial charge in [0.15, 0.2) is 0 Å². The summed E-state index contributed by atoms with van der Waals surface area (Å²) in [5.74, 6) is 0. The molecule has 1 aromatic rings. The molecule has 0 aliphatic rings. The third kappa shape index (κ3) is 4.96. The lowest BCUT2D eigenvalue weighted by molar-refractivity contribution is -0.155. The van der Waals surface area contributed by atoms with Crippen molar-refractivity contribution < 1.29 is 13.2 Å². The van der Waals surface area contributed by atoms with Gasteiger partial charge in [-0.3, -0.25) is 0 Å². The van der Waals surface area contributed by atoms with E-state index in [2.05, 4.69) is 5.32 Å². The molecule has 96 valence electrons. The molecule has 0 spiro atoms. The fraction of sp³-hybridized carbons (Fsp3) is 0.500. The second-order valence-electron chi connectivity index (χ2n) is 3.88. The molecule has 0 fully saturated rings. The standard InChI is InChI=1S/C12H15ClF3N/c1-2-7-17-11(12(14,15)16)8-9-3-5-10(13)6-4-9/h3-6,11,17H,2,7-8H2,1H3. The number of nitrogens with one attached hydrogen (secondary N) is 1. The first-order valence-electron chi connectivity index (χ1n) is 5.48. The molecule has 0 saturated carbocycles. The predicted molar refractivity (Wildman–Crippen MR) is 63.3 cm³/mol. The molecular formula is C12H15ClF3N. The maximum atomic E-state index is 12.7. The average Bonchev–Trinajstić information content (AvgIpc) is 2.25. The van der Waals surface area contributed by atoms with Crippen molar-refractivity contribution in [3.63, 3.8) is 0 Å². The number of hydrogen-bond donors (Lipinski definition) is 1. The van der Waals surface area contributed by atoms with Crippen LogP contribution in [0.3, 0.4) is 0 Å². The molecule has 0 bridgehead atoms. The van der Waals surface area contributed by atoms with Gasteiger partial charge in [-0.2, -0.15) is 13.2 Å². The topological polar surface area (TPSA) is 12.0 Å². The minimum absolute atomic E-state index is 0.0688. The molecule has 1 unspecified atom stereocenters. The summed E-state index contributed by atoms with van der Waals surface area (Å²) >= 11 is 5.68. The quantitative estimate of drug-likeness (QED) is 0.854. The molecule has 5 heteroatoms. The van der Waals surface area contributed by atoms with Crippen molar-refractivity contribution in [3.8, 4) is 0 Å². The summed E-state index contributed by atoms with van der Waals surface area (Å²) in [6, 6.07) is 4.95. The molecule has 0 aliphatic heterocycles. The molecular weight excluding hydrogens is 251 g/mol. The zero-order chi connectivity index (χ0) is 12.9. The van der Waals surface area contributed by atoms with Gasteiger partial charge in [0.1, 0.15) is 6.04 Å². The largest absolute Gasteiger partial charge is 0.404 e. The van der Waals surface area contributed by atoms with Crippen LogP contribution in [0.25, 0.3) is 0 Å². The van der Waals surface area contributed by atoms with Crippen molar-refractivity contribution in [2.24, 2.45) is 0 Å². The molecule has 0 aliphatic carbocycles. The van der Waals surface area contributed by atoms with E-state index in [1.54, 1.807) is 24.3 Å². The van der Waals surface area contributed by atoms with Gasteiger partial charge >= 0.3 is 6.18 Å². The number of alkyl halides is 3.